The van der Waals surface area contributed by atoms with Gasteiger partial charge in [0.2, 0.25) is 5.91 Å². The number of benzene rings is 2. The lowest BCUT2D eigenvalue weighted by atomic mass is 10.2. The fourth-order valence-corrected chi connectivity index (χ4v) is 2.26. The molecule has 102 valence electrons. The minimum Gasteiger partial charge on any atom is -0.496 e. The summed E-state index contributed by atoms with van der Waals surface area (Å²) in [6, 6.07) is 15.2. The molecule has 0 spiro atoms. The van der Waals surface area contributed by atoms with Crippen molar-refractivity contribution < 1.29 is 9.53 Å². The normalized spacial score (nSPS) is 10.5. The van der Waals surface area contributed by atoms with Crippen molar-refractivity contribution in [3.8, 4) is 5.75 Å². The van der Waals surface area contributed by atoms with Crippen LogP contribution in [0.25, 0.3) is 6.08 Å². The highest BCUT2D eigenvalue weighted by Gasteiger charge is 2.00. The zero-order valence-corrected chi connectivity index (χ0v) is 13.1. The van der Waals surface area contributed by atoms with Gasteiger partial charge in [-0.1, -0.05) is 24.3 Å². The van der Waals surface area contributed by atoms with E-state index in [1.807, 2.05) is 48.5 Å². The molecule has 0 aliphatic heterocycles. The zero-order valence-electron chi connectivity index (χ0n) is 11.0. The molecule has 2 aromatic carbocycles. The molecule has 0 heterocycles. The van der Waals surface area contributed by atoms with Crippen LogP contribution in [0.5, 0.6) is 5.75 Å². The Labute approximate surface area is 131 Å². The summed E-state index contributed by atoms with van der Waals surface area (Å²) in [5.74, 6) is 0.573. The Hall–Kier alpha value is -1.82. The van der Waals surface area contributed by atoms with E-state index in [0.29, 0.717) is 0 Å². The lowest BCUT2D eigenvalue weighted by molar-refractivity contribution is -0.111. The summed E-state index contributed by atoms with van der Waals surface area (Å²) in [4.78, 5) is 11.9. The number of hydrogen-bond donors (Lipinski definition) is 1. The van der Waals surface area contributed by atoms with Crippen LogP contribution in [-0.2, 0) is 4.79 Å². The molecule has 0 bridgehead atoms. The highest BCUT2D eigenvalue weighted by molar-refractivity contribution is 14.1. The molecule has 2 aromatic rings. The molecule has 0 saturated carbocycles. The third-order valence-electron chi connectivity index (χ3n) is 2.65. The summed E-state index contributed by atoms with van der Waals surface area (Å²) in [5, 5.41) is 2.82. The minimum atomic E-state index is -0.169. The van der Waals surface area contributed by atoms with Crippen LogP contribution in [-0.4, -0.2) is 13.0 Å². The van der Waals surface area contributed by atoms with Crippen molar-refractivity contribution in [3.05, 3.63) is 63.7 Å². The number of hydrogen-bond acceptors (Lipinski definition) is 2. The van der Waals surface area contributed by atoms with Gasteiger partial charge in [0.25, 0.3) is 0 Å². The number of rotatable bonds is 4. The average Bonchev–Trinajstić information content (AvgIpc) is 2.45. The summed E-state index contributed by atoms with van der Waals surface area (Å²) < 4.78 is 6.31. The Balaban J connectivity index is 2.06. The monoisotopic (exact) mass is 379 g/mol. The van der Waals surface area contributed by atoms with Crippen molar-refractivity contribution in [2.24, 2.45) is 0 Å². The van der Waals surface area contributed by atoms with Crippen LogP contribution >= 0.6 is 22.6 Å². The summed E-state index contributed by atoms with van der Waals surface area (Å²) in [6.07, 6.45) is 3.24. The number of carbonyl (C=O) groups is 1. The van der Waals surface area contributed by atoms with Crippen LogP contribution in [0, 0.1) is 3.57 Å². The Kier molecular flexibility index (Phi) is 5.17. The van der Waals surface area contributed by atoms with Crippen molar-refractivity contribution in [2.45, 2.75) is 0 Å². The molecule has 0 unspecified atom stereocenters. The number of nitrogens with one attached hydrogen (secondary N) is 1. The van der Waals surface area contributed by atoms with Crippen LogP contribution in [0.2, 0.25) is 0 Å². The van der Waals surface area contributed by atoms with Gasteiger partial charge in [-0.3, -0.25) is 4.79 Å². The molecule has 0 aliphatic rings. The van der Waals surface area contributed by atoms with Crippen LogP contribution in [0.15, 0.2) is 54.6 Å². The lowest BCUT2D eigenvalue weighted by Crippen LogP contribution is -2.07. The van der Waals surface area contributed by atoms with Crippen molar-refractivity contribution in [1.82, 2.24) is 0 Å². The number of para-hydroxylation sites is 1. The van der Waals surface area contributed by atoms with Crippen LogP contribution in [0.3, 0.4) is 0 Å². The Morgan fingerprint density at radius 1 is 1.20 bits per heavy atom. The van der Waals surface area contributed by atoms with E-state index in [0.717, 1.165) is 20.6 Å². The minimum absolute atomic E-state index is 0.169. The Morgan fingerprint density at radius 2 is 2.00 bits per heavy atom. The molecule has 0 atom stereocenters. The van der Waals surface area contributed by atoms with Gasteiger partial charge in [0.15, 0.2) is 0 Å². The topological polar surface area (TPSA) is 38.3 Å². The molecule has 0 aliphatic carbocycles. The third-order valence-corrected chi connectivity index (χ3v) is 3.32. The first kappa shape index (κ1) is 14.6. The summed E-state index contributed by atoms with van der Waals surface area (Å²) in [6.45, 7) is 0. The van der Waals surface area contributed by atoms with Crippen molar-refractivity contribution in [3.63, 3.8) is 0 Å². The largest absolute Gasteiger partial charge is 0.496 e. The van der Waals surface area contributed by atoms with Crippen molar-refractivity contribution in [2.75, 3.05) is 12.4 Å². The number of halogens is 1. The fraction of sp³-hybridized carbons (Fsp3) is 0.0625. The molecule has 4 heteroatoms. The van der Waals surface area contributed by atoms with Gasteiger partial charge < -0.3 is 10.1 Å². The first-order valence-electron chi connectivity index (χ1n) is 6.06. The van der Waals surface area contributed by atoms with Gasteiger partial charge in [-0.15, -0.1) is 0 Å². The molecular weight excluding hydrogens is 365 g/mol. The number of carbonyl (C=O) groups excluding carboxylic acids is 1. The number of amides is 1. The predicted octanol–water partition coefficient (Wildman–Crippen LogP) is 3.95. The smallest absolute Gasteiger partial charge is 0.248 e. The van der Waals surface area contributed by atoms with Gasteiger partial charge in [-0.2, -0.15) is 0 Å². The van der Waals surface area contributed by atoms with Crippen LogP contribution in [0.1, 0.15) is 5.56 Å². The van der Waals surface area contributed by atoms with Crippen molar-refractivity contribution >= 4 is 40.3 Å². The predicted molar refractivity (Wildman–Crippen MR) is 89.8 cm³/mol. The molecule has 0 aromatic heterocycles. The van der Waals surface area contributed by atoms with Gasteiger partial charge in [0.05, 0.1) is 7.11 Å². The average molecular weight is 379 g/mol. The number of anilines is 1. The van der Waals surface area contributed by atoms with E-state index in [1.165, 1.54) is 6.08 Å². The standard InChI is InChI=1S/C16H14INO2/c1-20-15-8-3-2-5-12(15)9-10-16(19)18-14-7-4-6-13(17)11-14/h2-11H,1H3,(H,18,19)/b10-9+. The maximum Gasteiger partial charge on any atom is 0.248 e. The van der Waals surface area contributed by atoms with E-state index >= 15 is 0 Å². The van der Waals surface area contributed by atoms with Crippen molar-refractivity contribution in [1.29, 1.82) is 0 Å². The quantitative estimate of drug-likeness (QED) is 0.646. The molecule has 1 amide bonds. The second-order valence-electron chi connectivity index (χ2n) is 4.07. The third kappa shape index (κ3) is 4.09. The maximum atomic E-state index is 11.9. The highest BCUT2D eigenvalue weighted by Crippen LogP contribution is 2.18. The molecule has 0 fully saturated rings. The van der Waals surface area contributed by atoms with E-state index in [9.17, 15) is 4.79 Å². The summed E-state index contributed by atoms with van der Waals surface area (Å²) in [7, 11) is 1.61. The van der Waals surface area contributed by atoms with E-state index in [-0.39, 0.29) is 5.91 Å². The second kappa shape index (κ2) is 7.09. The van der Waals surface area contributed by atoms with Gasteiger partial charge in [-0.25, -0.2) is 0 Å². The molecule has 2 rings (SSSR count). The van der Waals surface area contributed by atoms with E-state index < -0.39 is 0 Å². The molecule has 3 nitrogen and oxygen atoms in total. The Morgan fingerprint density at radius 3 is 2.75 bits per heavy atom. The van der Waals surface area contributed by atoms with Gasteiger partial charge >= 0.3 is 0 Å². The van der Waals surface area contributed by atoms with Crippen LogP contribution in [0.4, 0.5) is 5.69 Å². The molecule has 0 radical (unpaired) electrons. The molecule has 1 N–H and O–H groups in total. The van der Waals surface area contributed by atoms with E-state index in [1.54, 1.807) is 13.2 Å². The first-order chi connectivity index (χ1) is 9.69. The van der Waals surface area contributed by atoms with Gasteiger partial charge in [0, 0.05) is 20.9 Å². The molecule has 20 heavy (non-hydrogen) atoms. The summed E-state index contributed by atoms with van der Waals surface area (Å²) >= 11 is 2.21. The second-order valence-corrected chi connectivity index (χ2v) is 5.32. The van der Waals surface area contributed by atoms with Gasteiger partial charge in [0.1, 0.15) is 5.75 Å². The van der Waals surface area contributed by atoms with Crippen LogP contribution < -0.4 is 10.1 Å². The summed E-state index contributed by atoms with van der Waals surface area (Å²) in [5.41, 5.74) is 1.65. The maximum absolute atomic E-state index is 11.9. The van der Waals surface area contributed by atoms with E-state index in [4.69, 9.17) is 4.74 Å². The lowest BCUT2D eigenvalue weighted by Gasteiger charge is -2.04. The van der Waals surface area contributed by atoms with E-state index in [2.05, 4.69) is 27.9 Å². The Bertz CT molecular complexity index is 638. The molecule has 0 saturated heterocycles. The molecular formula is C16H14INO2. The van der Waals surface area contributed by atoms with Gasteiger partial charge in [-0.05, 0) is 52.9 Å². The first-order valence-corrected chi connectivity index (χ1v) is 7.14. The SMILES string of the molecule is COc1ccccc1/C=C/C(=O)Nc1cccc(I)c1. The fourth-order valence-electron chi connectivity index (χ4n) is 1.72. The zero-order chi connectivity index (χ0) is 14.4. The number of methoxy groups -OCH3 is 1. The number of ether oxygens (including phenoxy) is 1. The highest BCUT2D eigenvalue weighted by atomic mass is 127.